The van der Waals surface area contributed by atoms with Crippen LogP contribution in [0.15, 0.2) is 51.4 Å². The fraction of sp³-hybridized carbons (Fsp3) is 0.0667. The lowest BCUT2D eigenvalue weighted by molar-refractivity contribution is 0.102. The van der Waals surface area contributed by atoms with Crippen molar-refractivity contribution < 1.29 is 4.79 Å². The van der Waals surface area contributed by atoms with E-state index in [1.54, 1.807) is 6.07 Å². The van der Waals surface area contributed by atoms with Crippen LogP contribution in [0.1, 0.15) is 15.9 Å². The maximum atomic E-state index is 12.2. The van der Waals surface area contributed by atoms with E-state index >= 15 is 0 Å². The second-order valence-corrected chi connectivity index (χ2v) is 6.71. The normalized spacial score (nSPS) is 10.2. The van der Waals surface area contributed by atoms with Crippen molar-refractivity contribution in [2.75, 3.05) is 5.32 Å². The Bertz CT molecular complexity index is 687. The van der Waals surface area contributed by atoms with E-state index in [-0.39, 0.29) is 5.91 Å². The second-order valence-electron chi connectivity index (χ2n) is 4.42. The summed E-state index contributed by atoms with van der Waals surface area (Å²) in [6, 6.07) is 12.9. The van der Waals surface area contributed by atoms with Gasteiger partial charge in [-0.2, -0.15) is 0 Å². The van der Waals surface area contributed by atoms with Gasteiger partial charge in [0, 0.05) is 21.1 Å². The molecule has 0 radical (unpaired) electrons. The zero-order valence-corrected chi connectivity index (χ0v) is 14.9. The number of carbonyl (C=O) groups is 1. The van der Waals surface area contributed by atoms with E-state index in [0.717, 1.165) is 20.2 Å². The summed E-state index contributed by atoms with van der Waals surface area (Å²) in [6.45, 7) is 0. The van der Waals surface area contributed by atoms with Crippen LogP contribution in [0.5, 0.6) is 0 Å². The molecule has 0 bridgehead atoms. The minimum atomic E-state index is -0.176. The Morgan fingerprint density at radius 2 is 1.81 bits per heavy atom. The number of amides is 1. The zero-order valence-electron chi connectivity index (χ0n) is 10.9. The van der Waals surface area contributed by atoms with Gasteiger partial charge in [0.25, 0.3) is 5.91 Å². The Morgan fingerprint density at radius 3 is 2.43 bits per heavy atom. The SMILES string of the molecule is NC(=S)Cc1ccc(NC(=O)c2cc(Br)ccc2Br)cc1. The average molecular weight is 428 g/mol. The smallest absolute Gasteiger partial charge is 0.256 e. The number of anilines is 1. The zero-order chi connectivity index (χ0) is 15.4. The molecule has 1 amide bonds. The van der Waals surface area contributed by atoms with E-state index in [4.69, 9.17) is 18.0 Å². The lowest BCUT2D eigenvalue weighted by Crippen LogP contribution is -2.13. The standard InChI is InChI=1S/C15H12Br2N2OS/c16-10-3-6-13(17)12(8-10)15(20)19-11-4-1-9(2-5-11)7-14(18)21/h1-6,8H,7H2,(H2,18,21)(H,19,20). The van der Waals surface area contributed by atoms with Gasteiger partial charge in [-0.05, 0) is 51.8 Å². The Morgan fingerprint density at radius 1 is 1.14 bits per heavy atom. The third-order valence-corrected chi connectivity index (χ3v) is 4.09. The number of carbonyl (C=O) groups excluding carboxylic acids is 1. The van der Waals surface area contributed by atoms with Crippen LogP contribution in [-0.4, -0.2) is 10.9 Å². The minimum Gasteiger partial charge on any atom is -0.393 e. The average Bonchev–Trinajstić information content (AvgIpc) is 2.43. The highest BCUT2D eigenvalue weighted by Gasteiger charge is 2.10. The van der Waals surface area contributed by atoms with Gasteiger partial charge >= 0.3 is 0 Å². The Balaban J connectivity index is 2.12. The van der Waals surface area contributed by atoms with Gasteiger partial charge in [0.15, 0.2) is 0 Å². The lowest BCUT2D eigenvalue weighted by atomic mass is 10.1. The molecular weight excluding hydrogens is 416 g/mol. The molecule has 0 atom stereocenters. The molecule has 0 aliphatic heterocycles. The van der Waals surface area contributed by atoms with E-state index in [1.807, 2.05) is 36.4 Å². The summed E-state index contributed by atoms with van der Waals surface area (Å²) in [5.41, 5.74) is 7.81. The molecule has 0 aliphatic rings. The molecule has 2 aromatic carbocycles. The summed E-state index contributed by atoms with van der Waals surface area (Å²) in [6.07, 6.45) is 0.556. The van der Waals surface area contributed by atoms with Crippen LogP contribution < -0.4 is 11.1 Å². The fourth-order valence-electron chi connectivity index (χ4n) is 1.78. The maximum absolute atomic E-state index is 12.2. The van der Waals surface area contributed by atoms with E-state index in [0.29, 0.717) is 17.0 Å². The molecule has 3 N–H and O–H groups in total. The predicted molar refractivity (Wildman–Crippen MR) is 96.7 cm³/mol. The largest absolute Gasteiger partial charge is 0.393 e. The molecule has 2 aromatic rings. The Hall–Kier alpha value is -1.24. The number of halogens is 2. The molecule has 0 saturated heterocycles. The van der Waals surface area contributed by atoms with E-state index in [2.05, 4.69) is 37.2 Å². The molecule has 0 aromatic heterocycles. The molecular formula is C15H12Br2N2OS. The number of benzene rings is 2. The van der Waals surface area contributed by atoms with Gasteiger partial charge in [0.2, 0.25) is 0 Å². The van der Waals surface area contributed by atoms with E-state index < -0.39 is 0 Å². The van der Waals surface area contributed by atoms with Crippen molar-refractivity contribution >= 4 is 60.7 Å². The number of thiocarbonyl (C=S) groups is 1. The first-order valence-corrected chi connectivity index (χ1v) is 8.09. The van der Waals surface area contributed by atoms with Crippen molar-refractivity contribution in [2.45, 2.75) is 6.42 Å². The molecule has 0 heterocycles. The van der Waals surface area contributed by atoms with E-state index in [9.17, 15) is 4.79 Å². The van der Waals surface area contributed by atoms with Gasteiger partial charge in [-0.25, -0.2) is 0 Å². The highest BCUT2D eigenvalue weighted by atomic mass is 79.9. The lowest BCUT2D eigenvalue weighted by Gasteiger charge is -2.08. The number of hydrogen-bond acceptors (Lipinski definition) is 2. The summed E-state index contributed by atoms with van der Waals surface area (Å²) >= 11 is 11.6. The van der Waals surface area contributed by atoms with Crippen molar-refractivity contribution in [2.24, 2.45) is 5.73 Å². The van der Waals surface area contributed by atoms with Crippen LogP contribution in [-0.2, 0) is 6.42 Å². The molecule has 2 rings (SSSR count). The van der Waals surface area contributed by atoms with Gasteiger partial charge in [-0.3, -0.25) is 4.79 Å². The van der Waals surface area contributed by atoms with E-state index in [1.165, 1.54) is 0 Å². The summed E-state index contributed by atoms with van der Waals surface area (Å²) < 4.78 is 1.59. The van der Waals surface area contributed by atoms with Crippen LogP contribution in [0.25, 0.3) is 0 Å². The highest BCUT2D eigenvalue weighted by molar-refractivity contribution is 9.11. The molecule has 0 spiro atoms. The molecule has 0 fully saturated rings. The third-order valence-electron chi connectivity index (χ3n) is 2.76. The predicted octanol–water partition coefficient (Wildman–Crippen LogP) is 4.29. The monoisotopic (exact) mass is 426 g/mol. The molecule has 3 nitrogen and oxygen atoms in total. The van der Waals surface area contributed by atoms with Crippen LogP contribution in [0.4, 0.5) is 5.69 Å². The second kappa shape index (κ2) is 7.15. The summed E-state index contributed by atoms with van der Waals surface area (Å²) in [4.78, 5) is 12.7. The van der Waals surface area contributed by atoms with Crippen LogP contribution in [0, 0.1) is 0 Å². The molecule has 108 valence electrons. The topological polar surface area (TPSA) is 55.1 Å². The molecule has 0 aliphatic carbocycles. The van der Waals surface area contributed by atoms with Gasteiger partial charge in [0.05, 0.1) is 10.6 Å². The van der Waals surface area contributed by atoms with Crippen molar-refractivity contribution in [1.82, 2.24) is 0 Å². The van der Waals surface area contributed by atoms with Gasteiger partial charge in [0.1, 0.15) is 0 Å². The number of nitrogens with one attached hydrogen (secondary N) is 1. The minimum absolute atomic E-state index is 0.176. The van der Waals surface area contributed by atoms with Gasteiger partial charge in [-0.1, -0.05) is 40.3 Å². The maximum Gasteiger partial charge on any atom is 0.256 e. The van der Waals surface area contributed by atoms with Gasteiger partial charge < -0.3 is 11.1 Å². The van der Waals surface area contributed by atoms with Crippen molar-refractivity contribution in [3.63, 3.8) is 0 Å². The number of hydrogen-bond donors (Lipinski definition) is 2. The van der Waals surface area contributed by atoms with Crippen LogP contribution >= 0.6 is 44.1 Å². The Labute approximate surface area is 145 Å². The number of nitrogens with two attached hydrogens (primary N) is 1. The summed E-state index contributed by atoms with van der Waals surface area (Å²) in [5.74, 6) is -0.176. The molecule has 21 heavy (non-hydrogen) atoms. The molecule has 0 unspecified atom stereocenters. The first kappa shape index (κ1) is 16.1. The quantitative estimate of drug-likeness (QED) is 0.715. The highest BCUT2D eigenvalue weighted by Crippen LogP contribution is 2.22. The summed E-state index contributed by atoms with van der Waals surface area (Å²) in [5, 5.41) is 2.85. The van der Waals surface area contributed by atoms with Crippen LogP contribution in [0.2, 0.25) is 0 Å². The van der Waals surface area contributed by atoms with Crippen LogP contribution in [0.3, 0.4) is 0 Å². The molecule has 0 saturated carbocycles. The number of rotatable bonds is 4. The Kier molecular flexibility index (Phi) is 5.50. The van der Waals surface area contributed by atoms with Crippen molar-refractivity contribution in [3.8, 4) is 0 Å². The van der Waals surface area contributed by atoms with Crippen molar-refractivity contribution in [1.29, 1.82) is 0 Å². The molecule has 6 heteroatoms. The summed E-state index contributed by atoms with van der Waals surface area (Å²) in [7, 11) is 0. The fourth-order valence-corrected chi connectivity index (χ4v) is 2.73. The first-order chi connectivity index (χ1) is 9.95. The van der Waals surface area contributed by atoms with Gasteiger partial charge in [-0.15, -0.1) is 0 Å². The third kappa shape index (κ3) is 4.62. The first-order valence-electron chi connectivity index (χ1n) is 6.09. The van der Waals surface area contributed by atoms with Crippen molar-refractivity contribution in [3.05, 3.63) is 62.5 Å².